The van der Waals surface area contributed by atoms with Gasteiger partial charge in [0.1, 0.15) is 5.75 Å². The summed E-state index contributed by atoms with van der Waals surface area (Å²) in [4.78, 5) is 18.4. The molecule has 5 aromatic rings. The van der Waals surface area contributed by atoms with Crippen LogP contribution < -0.4 is 4.74 Å². The van der Waals surface area contributed by atoms with Crippen LogP contribution in [-0.4, -0.2) is 27.7 Å². The van der Waals surface area contributed by atoms with Crippen LogP contribution in [0.1, 0.15) is 5.69 Å². The fourth-order valence-electron chi connectivity index (χ4n) is 3.88. The first-order valence-electron chi connectivity index (χ1n) is 9.49. The molecule has 2 heterocycles. The molecule has 30 heavy (non-hydrogen) atoms. The van der Waals surface area contributed by atoms with E-state index in [9.17, 15) is 4.79 Å². The summed E-state index contributed by atoms with van der Waals surface area (Å²) in [6.45, 7) is 1.64. The number of rotatable bonds is 5. The molecule has 6 nitrogen and oxygen atoms in total. The number of aryl methyl sites for hydroxylation is 1. The molecule has 0 aliphatic heterocycles. The maximum Gasteiger partial charge on any atom is 0.341 e. The number of oxazole rings is 1. The zero-order valence-electron chi connectivity index (χ0n) is 16.2. The van der Waals surface area contributed by atoms with E-state index >= 15 is 0 Å². The van der Waals surface area contributed by atoms with E-state index in [1.807, 2.05) is 30.3 Å². The van der Waals surface area contributed by atoms with E-state index in [1.165, 1.54) is 17.3 Å². The van der Waals surface area contributed by atoms with E-state index in [1.54, 1.807) is 6.20 Å². The number of ether oxygens (including phenoxy) is 1. The number of hydrogen-bond donors (Lipinski definition) is 2. The lowest BCUT2D eigenvalue weighted by atomic mass is 9.97. The van der Waals surface area contributed by atoms with E-state index in [0.717, 1.165) is 27.5 Å². The number of benzene rings is 3. The van der Waals surface area contributed by atoms with Crippen LogP contribution in [0.5, 0.6) is 5.75 Å². The Labute approximate surface area is 171 Å². The average Bonchev–Trinajstić information content (AvgIpc) is 3.38. The number of H-pyrrole nitrogens is 1. The molecule has 0 fully saturated rings. The van der Waals surface area contributed by atoms with Gasteiger partial charge in [0.15, 0.2) is 18.8 Å². The fraction of sp³-hybridized carbons (Fsp3) is 0.0833. The second-order valence-corrected chi connectivity index (χ2v) is 7.13. The molecule has 148 valence electrons. The van der Waals surface area contributed by atoms with Crippen LogP contribution in [0.3, 0.4) is 0 Å². The number of para-hydroxylation sites is 1. The topological polar surface area (TPSA) is 88.4 Å². The molecule has 6 heteroatoms. The Balaban J connectivity index is 1.68. The van der Waals surface area contributed by atoms with E-state index in [-0.39, 0.29) is 0 Å². The molecule has 0 aliphatic carbocycles. The van der Waals surface area contributed by atoms with Gasteiger partial charge in [-0.05, 0) is 47.5 Å². The highest BCUT2D eigenvalue weighted by atomic mass is 16.5. The van der Waals surface area contributed by atoms with Crippen LogP contribution in [0, 0.1) is 6.92 Å². The highest BCUT2D eigenvalue weighted by Crippen LogP contribution is 2.38. The Morgan fingerprint density at radius 3 is 2.80 bits per heavy atom. The minimum Gasteiger partial charge on any atom is -0.481 e. The summed E-state index contributed by atoms with van der Waals surface area (Å²) in [7, 11) is 0. The Kier molecular flexibility index (Phi) is 4.25. The van der Waals surface area contributed by atoms with Gasteiger partial charge in [-0.2, -0.15) is 0 Å². The molecule has 2 aromatic heterocycles. The highest BCUT2D eigenvalue weighted by Gasteiger charge is 2.15. The van der Waals surface area contributed by atoms with Gasteiger partial charge in [0.25, 0.3) is 0 Å². The molecular formula is C24H18N2O4. The van der Waals surface area contributed by atoms with Crippen molar-refractivity contribution in [3.8, 4) is 28.2 Å². The Bertz CT molecular complexity index is 1380. The Morgan fingerprint density at radius 2 is 2.00 bits per heavy atom. The molecule has 0 atom stereocenters. The molecule has 0 aliphatic rings. The van der Waals surface area contributed by atoms with Gasteiger partial charge in [0.05, 0.1) is 11.8 Å². The quantitative estimate of drug-likeness (QED) is 0.413. The van der Waals surface area contributed by atoms with Gasteiger partial charge in [-0.3, -0.25) is 0 Å². The van der Waals surface area contributed by atoms with Crippen molar-refractivity contribution >= 4 is 27.6 Å². The van der Waals surface area contributed by atoms with Crippen LogP contribution in [0.2, 0.25) is 0 Å². The first kappa shape index (κ1) is 18.0. The van der Waals surface area contributed by atoms with Crippen molar-refractivity contribution in [3.63, 3.8) is 0 Å². The summed E-state index contributed by atoms with van der Waals surface area (Å²) < 4.78 is 11.0. The lowest BCUT2D eigenvalue weighted by Crippen LogP contribution is -2.10. The molecule has 0 saturated carbocycles. The minimum atomic E-state index is -1.04. The van der Waals surface area contributed by atoms with Crippen LogP contribution in [0.4, 0.5) is 0 Å². The molecular weight excluding hydrogens is 380 g/mol. The fourth-order valence-corrected chi connectivity index (χ4v) is 3.88. The maximum absolute atomic E-state index is 11.0. The summed E-state index contributed by atoms with van der Waals surface area (Å²) >= 11 is 0. The van der Waals surface area contributed by atoms with E-state index in [0.29, 0.717) is 17.1 Å². The van der Waals surface area contributed by atoms with Gasteiger partial charge >= 0.3 is 5.97 Å². The van der Waals surface area contributed by atoms with Gasteiger partial charge in [-0.1, -0.05) is 30.3 Å². The molecule has 0 saturated heterocycles. The number of nitrogens with one attached hydrogen (secondary N) is 1. The average molecular weight is 398 g/mol. The molecule has 2 N–H and O–H groups in total. The van der Waals surface area contributed by atoms with Crippen LogP contribution >= 0.6 is 0 Å². The van der Waals surface area contributed by atoms with Crippen molar-refractivity contribution in [2.75, 3.05) is 6.61 Å². The summed E-state index contributed by atoms with van der Waals surface area (Å²) in [6.07, 6.45) is 2.93. The highest BCUT2D eigenvalue weighted by molar-refractivity contribution is 6.00. The van der Waals surface area contributed by atoms with Crippen LogP contribution in [0.15, 0.2) is 71.6 Å². The van der Waals surface area contributed by atoms with Gasteiger partial charge in [-0.15, -0.1) is 0 Å². The third-order valence-electron chi connectivity index (χ3n) is 5.17. The largest absolute Gasteiger partial charge is 0.481 e. The van der Waals surface area contributed by atoms with Crippen molar-refractivity contribution in [1.82, 2.24) is 9.97 Å². The standard InChI is InChI=1S/C24H18N2O4/c1-14-24(18-4-2-3-5-20(18)26-14)16-7-6-15-10-21(29-12-23(27)28)19(9-17(15)8-16)22-11-25-13-30-22/h2-11,13,26H,12H2,1H3,(H,27,28). The second-order valence-electron chi connectivity index (χ2n) is 7.13. The van der Waals surface area contributed by atoms with E-state index in [4.69, 9.17) is 14.3 Å². The van der Waals surface area contributed by atoms with Crippen molar-refractivity contribution < 1.29 is 19.1 Å². The van der Waals surface area contributed by atoms with Crippen molar-refractivity contribution in [1.29, 1.82) is 0 Å². The van der Waals surface area contributed by atoms with Crippen LogP contribution in [-0.2, 0) is 4.79 Å². The second kappa shape index (κ2) is 7.08. The third-order valence-corrected chi connectivity index (χ3v) is 5.17. The Hall–Kier alpha value is -4.06. The number of hydrogen-bond acceptors (Lipinski definition) is 4. The monoisotopic (exact) mass is 398 g/mol. The predicted molar refractivity (Wildman–Crippen MR) is 115 cm³/mol. The van der Waals surface area contributed by atoms with Crippen molar-refractivity contribution in [3.05, 3.63) is 72.9 Å². The SMILES string of the molecule is Cc1[nH]c2ccccc2c1-c1ccc2cc(OCC(=O)O)c(-c3cnco3)cc2c1. The van der Waals surface area contributed by atoms with Gasteiger partial charge in [-0.25, -0.2) is 9.78 Å². The molecule has 0 bridgehead atoms. The molecule has 0 unspecified atom stereocenters. The zero-order valence-corrected chi connectivity index (χ0v) is 16.2. The maximum atomic E-state index is 11.0. The number of aromatic nitrogens is 2. The number of carbonyl (C=O) groups is 1. The molecule has 0 spiro atoms. The van der Waals surface area contributed by atoms with Gasteiger partial charge < -0.3 is 19.2 Å². The normalized spacial score (nSPS) is 11.2. The van der Waals surface area contributed by atoms with Crippen LogP contribution in [0.25, 0.3) is 44.1 Å². The number of nitrogens with zero attached hydrogens (tertiary/aromatic N) is 1. The minimum absolute atomic E-state index is 0.431. The molecule has 5 rings (SSSR count). The number of carboxylic acid groups (broad SMARTS) is 1. The molecule has 3 aromatic carbocycles. The lowest BCUT2D eigenvalue weighted by molar-refractivity contribution is -0.139. The summed E-state index contributed by atoms with van der Waals surface area (Å²) in [5, 5.41) is 12.1. The van der Waals surface area contributed by atoms with Crippen molar-refractivity contribution in [2.24, 2.45) is 0 Å². The van der Waals surface area contributed by atoms with Gasteiger partial charge in [0, 0.05) is 22.2 Å². The number of aromatic amines is 1. The summed E-state index contributed by atoms with van der Waals surface area (Å²) in [5.74, 6) is -0.0765. The first-order valence-corrected chi connectivity index (χ1v) is 9.49. The Morgan fingerprint density at radius 1 is 1.13 bits per heavy atom. The first-order chi connectivity index (χ1) is 14.6. The third kappa shape index (κ3) is 3.08. The smallest absolute Gasteiger partial charge is 0.341 e. The lowest BCUT2D eigenvalue weighted by Gasteiger charge is -2.11. The zero-order chi connectivity index (χ0) is 20.7. The van der Waals surface area contributed by atoms with E-state index < -0.39 is 12.6 Å². The summed E-state index contributed by atoms with van der Waals surface area (Å²) in [6, 6.07) is 18.2. The number of aliphatic carboxylic acids is 1. The predicted octanol–water partition coefficient (Wildman–Crippen LogP) is 5.41. The number of carboxylic acids is 1. The van der Waals surface area contributed by atoms with Gasteiger partial charge in [0.2, 0.25) is 0 Å². The molecule has 0 radical (unpaired) electrons. The summed E-state index contributed by atoms with van der Waals surface area (Å²) in [5.41, 5.74) is 5.13. The van der Waals surface area contributed by atoms with Crippen molar-refractivity contribution in [2.45, 2.75) is 6.92 Å². The molecule has 0 amide bonds. The van der Waals surface area contributed by atoms with E-state index in [2.05, 4.69) is 41.2 Å². The number of fused-ring (bicyclic) bond motifs is 2.